The van der Waals surface area contributed by atoms with Gasteiger partial charge in [0.25, 0.3) is 5.91 Å². The van der Waals surface area contributed by atoms with Crippen LogP contribution in [-0.4, -0.2) is 66.4 Å². The molecule has 42 heavy (non-hydrogen) atoms. The fourth-order valence-electron chi connectivity index (χ4n) is 4.62. The number of hydrogen-bond donors (Lipinski definition) is 1. The zero-order valence-corrected chi connectivity index (χ0v) is 23.3. The first kappa shape index (κ1) is 28.9. The molecule has 214 valence electrons. The zero-order chi connectivity index (χ0) is 29.7. The maximum atomic E-state index is 13.5. The largest absolute Gasteiger partial charge is 0.457 e. The first-order valence-electron chi connectivity index (χ1n) is 13.2. The molecule has 0 radical (unpaired) electrons. The number of aliphatic hydroxyl groups is 1. The van der Waals surface area contributed by atoms with Gasteiger partial charge in [0.15, 0.2) is 0 Å². The predicted molar refractivity (Wildman–Crippen MR) is 153 cm³/mol. The highest BCUT2D eigenvalue weighted by atomic mass is 32.2. The Labute approximate surface area is 243 Å². The summed E-state index contributed by atoms with van der Waals surface area (Å²) in [6.07, 6.45) is 0.329. The summed E-state index contributed by atoms with van der Waals surface area (Å²) in [5.74, 6) is 0.339. The number of piperazine rings is 1. The molecule has 1 N–H and O–H groups in total. The van der Waals surface area contributed by atoms with E-state index in [4.69, 9.17) is 10.00 Å². The van der Waals surface area contributed by atoms with Gasteiger partial charge >= 0.3 is 0 Å². The molecular weight excluding hydrogens is 559 g/mol. The number of aliphatic hydroxyl groups excluding tert-OH is 1. The van der Waals surface area contributed by atoms with Gasteiger partial charge in [-0.1, -0.05) is 6.07 Å². The van der Waals surface area contributed by atoms with E-state index in [2.05, 4.69) is 4.98 Å². The van der Waals surface area contributed by atoms with Crippen molar-refractivity contribution in [2.45, 2.75) is 11.3 Å². The van der Waals surface area contributed by atoms with Crippen molar-refractivity contribution in [1.29, 1.82) is 5.26 Å². The second kappa shape index (κ2) is 12.5. The van der Waals surface area contributed by atoms with Crippen LogP contribution in [0.4, 0.5) is 4.39 Å². The number of sulfonamides is 1. The third-order valence-electron chi connectivity index (χ3n) is 6.83. The average molecular weight is 587 g/mol. The summed E-state index contributed by atoms with van der Waals surface area (Å²) in [7, 11) is -3.82. The van der Waals surface area contributed by atoms with Crippen molar-refractivity contribution in [3.05, 3.63) is 108 Å². The standard InChI is InChI=1S/C31H27FN4O5S/c32-25-6-10-27(11-7-25)41-26-8-4-24(5-9-26)29-19-22(12-17-37)20-30(34-29)31(38)35-13-15-36(16-14-35)42(39,40)28-3-1-2-23(18-28)21-33/h1-11,18-20,37H,12-17H2. The molecule has 0 unspecified atom stereocenters. The molecule has 1 aliphatic rings. The van der Waals surface area contributed by atoms with Crippen LogP contribution in [0.25, 0.3) is 11.3 Å². The van der Waals surface area contributed by atoms with Gasteiger partial charge in [-0.3, -0.25) is 4.79 Å². The summed E-state index contributed by atoms with van der Waals surface area (Å²) in [4.78, 5) is 19.7. The number of hydrogen-bond acceptors (Lipinski definition) is 7. The van der Waals surface area contributed by atoms with E-state index in [0.717, 1.165) is 11.1 Å². The maximum absolute atomic E-state index is 13.5. The highest BCUT2D eigenvalue weighted by Gasteiger charge is 2.31. The second-order valence-electron chi connectivity index (χ2n) is 9.64. The lowest BCUT2D eigenvalue weighted by Gasteiger charge is -2.34. The van der Waals surface area contributed by atoms with Crippen molar-refractivity contribution < 1.29 is 27.4 Å². The van der Waals surface area contributed by atoms with E-state index in [0.29, 0.717) is 23.6 Å². The van der Waals surface area contributed by atoms with Crippen LogP contribution in [0.1, 0.15) is 21.6 Å². The summed E-state index contributed by atoms with van der Waals surface area (Å²) in [6, 6.07) is 24.0. The van der Waals surface area contributed by atoms with E-state index in [1.807, 2.05) is 12.1 Å². The maximum Gasteiger partial charge on any atom is 0.272 e. The van der Waals surface area contributed by atoms with Crippen molar-refractivity contribution in [2.24, 2.45) is 0 Å². The number of amides is 1. The molecule has 1 aromatic heterocycles. The first-order valence-corrected chi connectivity index (χ1v) is 14.7. The molecule has 0 spiro atoms. The van der Waals surface area contributed by atoms with Crippen molar-refractivity contribution in [3.8, 4) is 28.8 Å². The summed E-state index contributed by atoms with van der Waals surface area (Å²) in [6.45, 7) is 0.442. The van der Waals surface area contributed by atoms with Gasteiger partial charge in [0, 0.05) is 38.3 Å². The predicted octanol–water partition coefficient (Wildman–Crippen LogP) is 4.23. The summed E-state index contributed by atoms with van der Waals surface area (Å²) in [5, 5.41) is 18.7. The van der Waals surface area contributed by atoms with Gasteiger partial charge in [-0.2, -0.15) is 9.57 Å². The Balaban J connectivity index is 1.31. The molecule has 0 bridgehead atoms. The number of pyridine rings is 1. The van der Waals surface area contributed by atoms with Gasteiger partial charge in [0.2, 0.25) is 10.0 Å². The van der Waals surface area contributed by atoms with E-state index in [1.165, 1.54) is 52.8 Å². The molecule has 0 saturated carbocycles. The fourth-order valence-corrected chi connectivity index (χ4v) is 6.09. The van der Waals surface area contributed by atoms with Crippen LogP contribution in [0.2, 0.25) is 0 Å². The number of rotatable bonds is 8. The summed E-state index contributed by atoms with van der Waals surface area (Å²) >= 11 is 0. The number of carbonyl (C=O) groups excluding carboxylic acids is 1. The van der Waals surface area contributed by atoms with Crippen LogP contribution in [0, 0.1) is 17.1 Å². The van der Waals surface area contributed by atoms with Gasteiger partial charge in [0.05, 0.1) is 22.2 Å². The molecule has 2 heterocycles. The quantitative estimate of drug-likeness (QED) is 0.328. The molecule has 1 saturated heterocycles. The van der Waals surface area contributed by atoms with Gasteiger partial charge in [-0.15, -0.1) is 0 Å². The van der Waals surface area contributed by atoms with Crippen LogP contribution in [0.5, 0.6) is 11.5 Å². The highest BCUT2D eigenvalue weighted by Crippen LogP contribution is 2.27. The molecule has 0 atom stereocenters. The number of ether oxygens (including phenoxy) is 1. The number of carbonyl (C=O) groups is 1. The van der Waals surface area contributed by atoms with Crippen LogP contribution in [0.15, 0.2) is 89.8 Å². The Kier molecular flexibility index (Phi) is 8.59. The molecule has 5 rings (SSSR count). The Morgan fingerprint density at radius 2 is 1.62 bits per heavy atom. The Morgan fingerprint density at radius 1 is 0.952 bits per heavy atom. The van der Waals surface area contributed by atoms with Crippen molar-refractivity contribution in [2.75, 3.05) is 32.8 Å². The van der Waals surface area contributed by atoms with Gasteiger partial charge in [-0.05, 0) is 90.8 Å². The van der Waals surface area contributed by atoms with Crippen molar-refractivity contribution in [1.82, 2.24) is 14.2 Å². The van der Waals surface area contributed by atoms with Crippen LogP contribution < -0.4 is 4.74 Å². The normalized spacial score (nSPS) is 13.9. The number of halogens is 1. The van der Waals surface area contributed by atoms with Crippen molar-refractivity contribution >= 4 is 15.9 Å². The van der Waals surface area contributed by atoms with Crippen molar-refractivity contribution in [3.63, 3.8) is 0 Å². The third-order valence-corrected chi connectivity index (χ3v) is 8.73. The van der Waals surface area contributed by atoms with Crippen LogP contribution >= 0.6 is 0 Å². The molecule has 3 aromatic carbocycles. The van der Waals surface area contributed by atoms with E-state index in [9.17, 15) is 22.7 Å². The fraction of sp³-hybridized carbons (Fsp3) is 0.194. The second-order valence-corrected chi connectivity index (χ2v) is 11.6. The molecule has 9 nitrogen and oxygen atoms in total. The first-order chi connectivity index (χ1) is 20.3. The molecule has 0 aliphatic carbocycles. The van der Waals surface area contributed by atoms with Crippen LogP contribution in [0.3, 0.4) is 0 Å². The average Bonchev–Trinajstić information content (AvgIpc) is 3.02. The molecule has 4 aromatic rings. The zero-order valence-electron chi connectivity index (χ0n) is 22.5. The minimum atomic E-state index is -3.82. The Morgan fingerprint density at radius 3 is 2.26 bits per heavy atom. The lowest BCUT2D eigenvalue weighted by atomic mass is 10.1. The van der Waals surface area contributed by atoms with E-state index in [1.54, 1.807) is 35.2 Å². The number of aromatic nitrogens is 1. The molecule has 11 heteroatoms. The van der Waals surface area contributed by atoms with E-state index < -0.39 is 10.0 Å². The van der Waals surface area contributed by atoms with Gasteiger partial charge in [0.1, 0.15) is 23.0 Å². The van der Waals surface area contributed by atoms with Gasteiger partial charge < -0.3 is 14.7 Å². The van der Waals surface area contributed by atoms with Crippen LogP contribution in [-0.2, 0) is 16.4 Å². The molecular formula is C31H27FN4O5S. The molecule has 1 aliphatic heterocycles. The third kappa shape index (κ3) is 6.47. The topological polar surface area (TPSA) is 124 Å². The van der Waals surface area contributed by atoms with E-state index in [-0.39, 0.29) is 60.7 Å². The number of benzene rings is 3. The minimum Gasteiger partial charge on any atom is -0.457 e. The molecule has 1 amide bonds. The van der Waals surface area contributed by atoms with E-state index >= 15 is 0 Å². The minimum absolute atomic E-state index is 0.0402. The number of nitrogens with zero attached hydrogens (tertiary/aromatic N) is 4. The Hall–Kier alpha value is -4.63. The molecule has 1 fully saturated rings. The highest BCUT2D eigenvalue weighted by molar-refractivity contribution is 7.89. The summed E-state index contributed by atoms with van der Waals surface area (Å²) in [5.41, 5.74) is 2.45. The number of nitriles is 1. The summed E-state index contributed by atoms with van der Waals surface area (Å²) < 4.78 is 46.5. The van der Waals surface area contributed by atoms with Gasteiger partial charge in [-0.25, -0.2) is 17.8 Å². The monoisotopic (exact) mass is 586 g/mol. The lowest BCUT2D eigenvalue weighted by molar-refractivity contribution is 0.0692. The smallest absolute Gasteiger partial charge is 0.272 e. The SMILES string of the molecule is N#Cc1cccc(S(=O)(=O)N2CCN(C(=O)c3cc(CCO)cc(-c4ccc(Oc5ccc(F)cc5)cc4)n3)CC2)c1. The lowest BCUT2D eigenvalue weighted by Crippen LogP contribution is -2.50. The Bertz CT molecular complexity index is 1730.